The molecule has 1 heterocycles. The predicted octanol–water partition coefficient (Wildman–Crippen LogP) is 5.35. The van der Waals surface area contributed by atoms with Crippen LogP contribution in [0.25, 0.3) is 22.5 Å². The second-order valence-electron chi connectivity index (χ2n) is 8.50. The SMILES string of the molecule is CCOc1ccccc1-c1cc(-c2c(OCC(=O)O)cc(OC)c(OC)c2OC)nn1CCc1ccccc1. The van der Waals surface area contributed by atoms with Crippen LogP contribution in [0.4, 0.5) is 0 Å². The van der Waals surface area contributed by atoms with Gasteiger partial charge in [-0.2, -0.15) is 5.10 Å². The molecule has 9 heteroatoms. The van der Waals surface area contributed by atoms with Gasteiger partial charge in [0.05, 0.1) is 39.2 Å². The standard InChI is InChI=1S/C30H32N2O7/c1-5-38-24-14-10-9-13-21(24)23-17-22(31-32(23)16-15-20-11-7-6-8-12-20)28-25(39-19-27(33)34)18-26(35-2)29(36-3)30(28)37-4/h6-14,17-18H,5,15-16,19H2,1-4H3,(H,33,34). The molecule has 3 aromatic carbocycles. The summed E-state index contributed by atoms with van der Waals surface area (Å²) in [4.78, 5) is 11.4. The largest absolute Gasteiger partial charge is 0.493 e. The number of aryl methyl sites for hydroxylation is 2. The van der Waals surface area contributed by atoms with Gasteiger partial charge in [0.1, 0.15) is 17.2 Å². The molecule has 1 N–H and O–H groups in total. The predicted molar refractivity (Wildman–Crippen MR) is 147 cm³/mol. The van der Waals surface area contributed by atoms with E-state index in [4.69, 9.17) is 28.8 Å². The van der Waals surface area contributed by atoms with Crippen molar-refractivity contribution in [2.45, 2.75) is 19.9 Å². The van der Waals surface area contributed by atoms with E-state index in [1.165, 1.54) is 26.9 Å². The average Bonchev–Trinajstić information content (AvgIpc) is 3.38. The number of hydrogen-bond acceptors (Lipinski definition) is 7. The lowest BCUT2D eigenvalue weighted by Gasteiger charge is -2.18. The van der Waals surface area contributed by atoms with Crippen LogP contribution in [0.2, 0.25) is 0 Å². The average molecular weight is 533 g/mol. The molecule has 0 unspecified atom stereocenters. The first-order valence-electron chi connectivity index (χ1n) is 12.5. The Morgan fingerprint density at radius 2 is 1.56 bits per heavy atom. The highest BCUT2D eigenvalue weighted by Crippen LogP contribution is 2.50. The Morgan fingerprint density at radius 1 is 0.846 bits per heavy atom. The Balaban J connectivity index is 1.92. The van der Waals surface area contributed by atoms with E-state index < -0.39 is 12.6 Å². The topological polar surface area (TPSA) is 101 Å². The Hall–Kier alpha value is -4.66. The molecule has 4 rings (SSSR count). The van der Waals surface area contributed by atoms with Gasteiger partial charge in [0, 0.05) is 18.2 Å². The number of rotatable bonds is 13. The van der Waals surface area contributed by atoms with Gasteiger partial charge in [-0.25, -0.2) is 4.79 Å². The van der Waals surface area contributed by atoms with E-state index in [2.05, 4.69) is 12.1 Å². The molecule has 0 saturated carbocycles. The summed E-state index contributed by atoms with van der Waals surface area (Å²) in [6, 6.07) is 21.4. The molecule has 0 aliphatic heterocycles. The lowest BCUT2D eigenvalue weighted by molar-refractivity contribution is -0.139. The number of ether oxygens (including phenoxy) is 5. The summed E-state index contributed by atoms with van der Waals surface area (Å²) < 4.78 is 30.4. The number of hydrogen-bond donors (Lipinski definition) is 1. The lowest BCUT2D eigenvalue weighted by Crippen LogP contribution is -2.11. The molecule has 0 radical (unpaired) electrons. The normalized spacial score (nSPS) is 10.7. The fourth-order valence-electron chi connectivity index (χ4n) is 4.40. The zero-order valence-corrected chi connectivity index (χ0v) is 22.5. The van der Waals surface area contributed by atoms with Gasteiger partial charge >= 0.3 is 5.97 Å². The van der Waals surface area contributed by atoms with E-state index in [0.29, 0.717) is 41.7 Å². The van der Waals surface area contributed by atoms with Crippen molar-refractivity contribution in [1.29, 1.82) is 0 Å². The van der Waals surface area contributed by atoms with Crippen LogP contribution in [0.5, 0.6) is 28.7 Å². The third kappa shape index (κ3) is 6.09. The second kappa shape index (κ2) is 12.7. The van der Waals surface area contributed by atoms with Crippen molar-refractivity contribution in [1.82, 2.24) is 9.78 Å². The molecule has 0 fully saturated rings. The highest BCUT2D eigenvalue weighted by Gasteiger charge is 2.27. The first-order chi connectivity index (χ1) is 19.0. The third-order valence-electron chi connectivity index (χ3n) is 6.10. The van der Waals surface area contributed by atoms with Crippen LogP contribution in [-0.2, 0) is 17.8 Å². The van der Waals surface area contributed by atoms with Crippen molar-refractivity contribution in [2.24, 2.45) is 0 Å². The summed E-state index contributed by atoms with van der Waals surface area (Å²) in [6.07, 6.45) is 0.747. The number of para-hydroxylation sites is 1. The number of nitrogens with zero attached hydrogens (tertiary/aromatic N) is 2. The minimum Gasteiger partial charge on any atom is -0.493 e. The molecule has 0 atom stereocenters. The summed E-state index contributed by atoms with van der Waals surface area (Å²) in [6.45, 7) is 2.48. The van der Waals surface area contributed by atoms with Crippen LogP contribution in [0.1, 0.15) is 12.5 Å². The van der Waals surface area contributed by atoms with Gasteiger partial charge in [-0.15, -0.1) is 0 Å². The number of aromatic nitrogens is 2. The van der Waals surface area contributed by atoms with Crippen LogP contribution in [-0.4, -0.2) is 55.4 Å². The highest BCUT2D eigenvalue weighted by atomic mass is 16.5. The van der Waals surface area contributed by atoms with Gasteiger partial charge in [-0.3, -0.25) is 4.68 Å². The molecular formula is C30H32N2O7. The number of carboxylic acid groups (broad SMARTS) is 1. The Kier molecular flexibility index (Phi) is 8.94. The maximum absolute atomic E-state index is 11.4. The summed E-state index contributed by atoms with van der Waals surface area (Å²) in [5.74, 6) is 0.846. The summed E-state index contributed by atoms with van der Waals surface area (Å²) in [5.41, 5.74) is 3.84. The van der Waals surface area contributed by atoms with Crippen molar-refractivity contribution < 1.29 is 33.6 Å². The molecule has 4 aromatic rings. The van der Waals surface area contributed by atoms with Gasteiger partial charge < -0.3 is 28.8 Å². The number of carboxylic acids is 1. The number of benzene rings is 3. The summed E-state index contributed by atoms with van der Waals surface area (Å²) in [5, 5.41) is 14.3. The summed E-state index contributed by atoms with van der Waals surface area (Å²) >= 11 is 0. The molecule has 39 heavy (non-hydrogen) atoms. The first kappa shape index (κ1) is 27.4. The van der Waals surface area contributed by atoms with Crippen LogP contribution in [0.3, 0.4) is 0 Å². The van der Waals surface area contributed by atoms with E-state index >= 15 is 0 Å². The number of methoxy groups -OCH3 is 3. The molecule has 0 spiro atoms. The minimum atomic E-state index is -1.12. The smallest absolute Gasteiger partial charge is 0.341 e. The van der Waals surface area contributed by atoms with Crippen molar-refractivity contribution in [3.05, 3.63) is 72.3 Å². The molecule has 204 valence electrons. The monoisotopic (exact) mass is 532 g/mol. The molecule has 0 aliphatic rings. The molecule has 0 amide bonds. The fourth-order valence-corrected chi connectivity index (χ4v) is 4.40. The number of carbonyl (C=O) groups is 1. The van der Waals surface area contributed by atoms with E-state index in [0.717, 1.165) is 23.4 Å². The molecule has 0 bridgehead atoms. The van der Waals surface area contributed by atoms with Gasteiger partial charge in [0.2, 0.25) is 5.75 Å². The maximum atomic E-state index is 11.4. The van der Waals surface area contributed by atoms with Crippen molar-refractivity contribution in [2.75, 3.05) is 34.5 Å². The van der Waals surface area contributed by atoms with E-state index in [-0.39, 0.29) is 5.75 Å². The number of aliphatic carboxylic acids is 1. The zero-order chi connectivity index (χ0) is 27.8. The molecule has 9 nitrogen and oxygen atoms in total. The fraction of sp³-hybridized carbons (Fsp3) is 0.267. The third-order valence-corrected chi connectivity index (χ3v) is 6.10. The van der Waals surface area contributed by atoms with Crippen molar-refractivity contribution in [3.8, 4) is 51.3 Å². The van der Waals surface area contributed by atoms with Crippen LogP contribution in [0.15, 0.2) is 66.7 Å². The van der Waals surface area contributed by atoms with Gasteiger partial charge in [-0.1, -0.05) is 42.5 Å². The Bertz CT molecular complexity index is 1420. The van der Waals surface area contributed by atoms with E-state index in [1.807, 2.05) is 60.1 Å². The first-order valence-corrected chi connectivity index (χ1v) is 12.5. The Labute approximate surface area is 227 Å². The maximum Gasteiger partial charge on any atom is 0.341 e. The van der Waals surface area contributed by atoms with Crippen molar-refractivity contribution >= 4 is 5.97 Å². The van der Waals surface area contributed by atoms with Gasteiger partial charge in [-0.05, 0) is 37.1 Å². The summed E-state index contributed by atoms with van der Waals surface area (Å²) in [7, 11) is 4.49. The minimum absolute atomic E-state index is 0.240. The quantitative estimate of drug-likeness (QED) is 0.246. The second-order valence-corrected chi connectivity index (χ2v) is 8.50. The van der Waals surface area contributed by atoms with E-state index in [1.54, 1.807) is 6.07 Å². The molecule has 0 saturated heterocycles. The van der Waals surface area contributed by atoms with Crippen LogP contribution in [0, 0.1) is 0 Å². The molecular weight excluding hydrogens is 500 g/mol. The van der Waals surface area contributed by atoms with E-state index in [9.17, 15) is 9.90 Å². The van der Waals surface area contributed by atoms with Crippen LogP contribution >= 0.6 is 0 Å². The zero-order valence-electron chi connectivity index (χ0n) is 22.5. The van der Waals surface area contributed by atoms with Crippen molar-refractivity contribution in [3.63, 3.8) is 0 Å². The van der Waals surface area contributed by atoms with Gasteiger partial charge in [0.15, 0.2) is 18.1 Å². The lowest BCUT2D eigenvalue weighted by atomic mass is 10.0. The van der Waals surface area contributed by atoms with Crippen LogP contribution < -0.4 is 23.7 Å². The highest BCUT2D eigenvalue weighted by molar-refractivity contribution is 5.83. The molecule has 0 aliphatic carbocycles. The molecule has 1 aromatic heterocycles. The Morgan fingerprint density at radius 3 is 2.23 bits per heavy atom. The van der Waals surface area contributed by atoms with Gasteiger partial charge in [0.25, 0.3) is 0 Å².